The Balaban J connectivity index is 3.02. The summed E-state index contributed by atoms with van der Waals surface area (Å²) in [4.78, 5) is 11.6. The van der Waals surface area contributed by atoms with E-state index >= 15 is 0 Å². The van der Waals surface area contributed by atoms with Gasteiger partial charge in [0.2, 0.25) is 0 Å². The fourth-order valence-electron chi connectivity index (χ4n) is 1.02. The van der Waals surface area contributed by atoms with Gasteiger partial charge in [-0.3, -0.25) is 9.52 Å². The number of carbonyl (C=O) groups excluding carboxylic acids is 1. The molecule has 1 aliphatic rings. The highest BCUT2D eigenvalue weighted by Gasteiger charge is 2.36. The Kier molecular flexibility index (Phi) is 3.58. The minimum atomic E-state index is -4.14. The summed E-state index contributed by atoms with van der Waals surface area (Å²) in [7, 11) is -4.14. The monoisotopic (exact) mass is 256 g/mol. The van der Waals surface area contributed by atoms with Gasteiger partial charge >= 0.3 is 10.2 Å². The van der Waals surface area contributed by atoms with E-state index in [-0.39, 0.29) is 6.61 Å². The predicted octanol–water partition coefficient (Wildman–Crippen LogP) is -2.04. The van der Waals surface area contributed by atoms with Crippen LogP contribution in [0.3, 0.4) is 0 Å². The van der Waals surface area contributed by atoms with Crippen LogP contribution in [0.1, 0.15) is 0 Å². The van der Waals surface area contributed by atoms with Gasteiger partial charge in [-0.2, -0.15) is 18.0 Å². The third kappa shape index (κ3) is 2.47. The van der Waals surface area contributed by atoms with Crippen molar-refractivity contribution in [2.45, 2.75) is 0 Å². The second-order valence-electron chi connectivity index (χ2n) is 2.84. The number of amides is 1. The molecule has 8 nitrogen and oxygen atoms in total. The normalized spacial score (nSPS) is 18.2. The van der Waals surface area contributed by atoms with Crippen LogP contribution in [0.5, 0.6) is 0 Å². The maximum atomic E-state index is 11.6. The minimum Gasteiger partial charge on any atom is -0.383 e. The number of hydrogen-bond acceptors (Lipinski definition) is 6. The minimum absolute atomic E-state index is 0.166. The molecule has 0 aromatic heterocycles. The van der Waals surface area contributed by atoms with Gasteiger partial charge in [-0.25, -0.2) is 0 Å². The average Bonchev–Trinajstić information content (AvgIpc) is 2.22. The summed E-state index contributed by atoms with van der Waals surface area (Å²) in [5, 5.41) is 8.65. The molecule has 0 atom stereocenters. The number of ether oxygens (including phenoxy) is 1. The number of carbonyl (C=O) groups is 1. The molecule has 9 heteroatoms. The first-order valence-corrected chi connectivity index (χ1v) is 5.64. The number of rotatable bonds is 3. The Hall–Kier alpha value is -2.23. The molecule has 0 radical (unpaired) electrons. The van der Waals surface area contributed by atoms with Crippen LogP contribution in [0.2, 0.25) is 0 Å². The van der Waals surface area contributed by atoms with Crippen LogP contribution in [0.25, 0.3) is 0 Å². The van der Waals surface area contributed by atoms with Crippen molar-refractivity contribution >= 4 is 16.1 Å². The molecule has 90 valence electrons. The molecule has 0 fully saturated rings. The highest BCUT2D eigenvalue weighted by Crippen LogP contribution is 2.14. The summed E-state index contributed by atoms with van der Waals surface area (Å²) in [5.41, 5.74) is 4.72. The molecule has 1 amide bonds. The molecule has 0 aliphatic carbocycles. The highest BCUT2D eigenvalue weighted by atomic mass is 32.2. The molecular weight excluding hydrogens is 248 g/mol. The van der Waals surface area contributed by atoms with Gasteiger partial charge in [0.05, 0.1) is 0 Å². The zero-order valence-electron chi connectivity index (χ0n) is 8.50. The van der Waals surface area contributed by atoms with Gasteiger partial charge in [0.25, 0.3) is 5.91 Å². The van der Waals surface area contributed by atoms with Crippen molar-refractivity contribution in [1.29, 1.82) is 5.26 Å². The van der Waals surface area contributed by atoms with E-state index in [2.05, 4.69) is 5.92 Å². The molecule has 0 bridgehead atoms. The molecule has 3 N–H and O–H groups in total. The van der Waals surface area contributed by atoms with E-state index in [9.17, 15) is 13.2 Å². The van der Waals surface area contributed by atoms with Gasteiger partial charge in [0.1, 0.15) is 25.2 Å². The van der Waals surface area contributed by atoms with Crippen molar-refractivity contribution in [1.82, 2.24) is 9.03 Å². The number of hydrogen-bond donors (Lipinski definition) is 2. The van der Waals surface area contributed by atoms with Crippen molar-refractivity contribution in [2.75, 3.05) is 13.3 Å². The van der Waals surface area contributed by atoms with Crippen LogP contribution in [0.15, 0.2) is 11.4 Å². The summed E-state index contributed by atoms with van der Waals surface area (Å²) in [6, 6.07) is 1.50. The molecule has 17 heavy (non-hydrogen) atoms. The second-order valence-corrected chi connectivity index (χ2v) is 4.44. The van der Waals surface area contributed by atoms with E-state index in [1.165, 1.54) is 6.07 Å². The maximum absolute atomic E-state index is 11.6. The smallest absolute Gasteiger partial charge is 0.329 e. The standard InChI is InChI=1S/C8H8N4O4S/c1-2-3-16-5-12-8(13)6(4-9)7(10)11-17(12,14)15/h1,11H,3,5,10H2. The van der Waals surface area contributed by atoms with Crippen LogP contribution in [-0.4, -0.2) is 32.0 Å². The SMILES string of the molecule is C#CCOCN1C(=O)C(C#N)=C(N)NS1(=O)=O. The van der Waals surface area contributed by atoms with Crippen LogP contribution in [0.4, 0.5) is 0 Å². The molecular formula is C8H8N4O4S. The van der Waals surface area contributed by atoms with Crippen LogP contribution < -0.4 is 10.5 Å². The van der Waals surface area contributed by atoms with Gasteiger partial charge in [-0.1, -0.05) is 5.92 Å². The first-order valence-electron chi connectivity index (χ1n) is 4.20. The lowest BCUT2D eigenvalue weighted by atomic mass is 10.3. The Labute approximate surface area is 97.8 Å². The van der Waals surface area contributed by atoms with Crippen LogP contribution >= 0.6 is 0 Å². The van der Waals surface area contributed by atoms with Crippen molar-refractivity contribution in [3.8, 4) is 18.4 Å². The van der Waals surface area contributed by atoms with Gasteiger partial charge < -0.3 is 10.5 Å². The van der Waals surface area contributed by atoms with E-state index in [1.54, 1.807) is 0 Å². The number of nitrogens with zero attached hydrogens (tertiary/aromatic N) is 2. The van der Waals surface area contributed by atoms with Crippen molar-refractivity contribution in [3.05, 3.63) is 11.4 Å². The topological polar surface area (TPSA) is 126 Å². The van der Waals surface area contributed by atoms with Crippen LogP contribution in [-0.2, 0) is 19.7 Å². The largest absolute Gasteiger partial charge is 0.383 e. The van der Waals surface area contributed by atoms with Gasteiger partial charge in [0.15, 0.2) is 5.57 Å². The lowest BCUT2D eigenvalue weighted by Crippen LogP contribution is -2.51. The third-order valence-corrected chi connectivity index (χ3v) is 3.07. The van der Waals surface area contributed by atoms with Gasteiger partial charge in [0, 0.05) is 0 Å². The van der Waals surface area contributed by atoms with E-state index in [0.29, 0.717) is 4.31 Å². The van der Waals surface area contributed by atoms with E-state index in [1.807, 2.05) is 4.72 Å². The van der Waals surface area contributed by atoms with E-state index in [4.69, 9.17) is 22.2 Å². The summed E-state index contributed by atoms with van der Waals surface area (Å²) >= 11 is 0. The van der Waals surface area contributed by atoms with Crippen molar-refractivity contribution < 1.29 is 17.9 Å². The lowest BCUT2D eigenvalue weighted by molar-refractivity contribution is -0.125. The number of terminal acetylenes is 1. The zero-order valence-corrected chi connectivity index (χ0v) is 9.32. The molecule has 1 heterocycles. The molecule has 0 aromatic rings. The summed E-state index contributed by atoms with van der Waals surface area (Å²) in [6.45, 7) is -0.753. The van der Waals surface area contributed by atoms with Crippen molar-refractivity contribution in [3.63, 3.8) is 0 Å². The summed E-state index contributed by atoms with van der Waals surface area (Å²) < 4.78 is 29.9. The molecule has 0 saturated heterocycles. The maximum Gasteiger partial charge on any atom is 0.329 e. The summed E-state index contributed by atoms with van der Waals surface area (Å²) in [6.07, 6.45) is 4.90. The fraction of sp³-hybridized carbons (Fsp3) is 0.250. The Morgan fingerprint density at radius 1 is 1.59 bits per heavy atom. The first-order chi connectivity index (χ1) is 7.94. The summed E-state index contributed by atoms with van der Waals surface area (Å²) in [5.74, 6) is 0.543. The van der Waals surface area contributed by atoms with Gasteiger partial charge in [-0.05, 0) is 0 Å². The molecule has 0 aromatic carbocycles. The van der Waals surface area contributed by atoms with Crippen LogP contribution in [0, 0.1) is 23.7 Å². The Bertz CT molecular complexity index is 551. The number of nitrogens with one attached hydrogen (secondary N) is 1. The van der Waals surface area contributed by atoms with E-state index < -0.39 is 34.2 Å². The zero-order chi connectivity index (χ0) is 13.1. The molecule has 0 saturated carbocycles. The Morgan fingerprint density at radius 3 is 2.76 bits per heavy atom. The highest BCUT2D eigenvalue weighted by molar-refractivity contribution is 7.87. The molecule has 0 spiro atoms. The molecule has 1 aliphatic heterocycles. The van der Waals surface area contributed by atoms with Crippen molar-refractivity contribution in [2.24, 2.45) is 5.73 Å². The van der Waals surface area contributed by atoms with E-state index in [0.717, 1.165) is 0 Å². The third-order valence-electron chi connectivity index (χ3n) is 1.74. The molecule has 0 unspecified atom stereocenters. The average molecular weight is 256 g/mol. The Morgan fingerprint density at radius 2 is 2.24 bits per heavy atom. The fourth-order valence-corrected chi connectivity index (χ4v) is 2.03. The number of nitrogens with two attached hydrogens (primary N) is 1. The first kappa shape index (κ1) is 12.8. The predicted molar refractivity (Wildman–Crippen MR) is 55.4 cm³/mol. The quantitative estimate of drug-likeness (QED) is 0.443. The lowest BCUT2D eigenvalue weighted by Gasteiger charge is -2.26. The van der Waals surface area contributed by atoms with Gasteiger partial charge in [-0.15, -0.1) is 6.42 Å². The second kappa shape index (κ2) is 4.74. The number of nitriles is 1. The molecule has 1 rings (SSSR count).